The topological polar surface area (TPSA) is 114 Å². The Morgan fingerprint density at radius 1 is 0.927 bits per heavy atom. The quantitative estimate of drug-likeness (QED) is 0.270. The number of ether oxygens (including phenoxy) is 3. The Labute approximate surface area is 241 Å². The van der Waals surface area contributed by atoms with E-state index in [4.69, 9.17) is 25.8 Å². The molecule has 3 aromatic heterocycles. The molecular weight excluding hydrogens is 544 g/mol. The maximum absolute atomic E-state index is 6.49. The molecule has 7 rings (SSSR count). The molecule has 5 heterocycles. The van der Waals surface area contributed by atoms with Crippen LogP contribution in [0.15, 0.2) is 79.4 Å². The largest absolute Gasteiger partial charge is 0.367 e. The molecule has 11 nitrogen and oxygen atoms in total. The van der Waals surface area contributed by atoms with Gasteiger partial charge in [-0.1, -0.05) is 60.7 Å². The van der Waals surface area contributed by atoms with Gasteiger partial charge >= 0.3 is 0 Å². The number of hydrogen-bond acceptors (Lipinski definition) is 9. The lowest BCUT2D eigenvalue weighted by Gasteiger charge is -2.24. The molecule has 2 aliphatic heterocycles. The molecule has 0 saturated carbocycles. The first-order valence-corrected chi connectivity index (χ1v) is 13.9. The number of aromatic nitrogens is 7. The van der Waals surface area contributed by atoms with Gasteiger partial charge in [-0.05, 0) is 36.6 Å². The van der Waals surface area contributed by atoms with E-state index in [0.717, 1.165) is 0 Å². The summed E-state index contributed by atoms with van der Waals surface area (Å²) < 4.78 is 20.9. The van der Waals surface area contributed by atoms with Crippen LogP contribution < -0.4 is 5.32 Å². The Hall–Kier alpha value is -3.90. The minimum atomic E-state index is -0.771. The molecule has 0 aliphatic carbocycles. The molecule has 210 valence electrons. The molecule has 12 heteroatoms. The molecule has 5 aromatic rings. The van der Waals surface area contributed by atoms with Gasteiger partial charge in [0, 0.05) is 12.5 Å². The van der Waals surface area contributed by atoms with Crippen molar-refractivity contribution in [2.45, 2.75) is 56.6 Å². The Bertz CT molecular complexity index is 1590. The summed E-state index contributed by atoms with van der Waals surface area (Å²) in [6.07, 6.45) is 3.35. The van der Waals surface area contributed by atoms with E-state index in [1.54, 1.807) is 23.5 Å². The first kappa shape index (κ1) is 26.0. The number of halogens is 1. The minimum Gasteiger partial charge on any atom is -0.367 e. The fourth-order valence-electron chi connectivity index (χ4n) is 5.73. The van der Waals surface area contributed by atoms with Gasteiger partial charge in [0.1, 0.15) is 18.3 Å². The number of anilines is 1. The maximum atomic E-state index is 6.49. The van der Waals surface area contributed by atoms with Crippen LogP contribution in [0.2, 0.25) is 5.28 Å². The number of imidazole rings is 1. The van der Waals surface area contributed by atoms with Gasteiger partial charge in [0.15, 0.2) is 29.0 Å². The average molecular weight is 573 g/mol. The highest BCUT2D eigenvalue weighted by molar-refractivity contribution is 6.28. The smallest absolute Gasteiger partial charge is 0.226 e. The summed E-state index contributed by atoms with van der Waals surface area (Å²) in [7, 11) is 0. The van der Waals surface area contributed by atoms with E-state index in [2.05, 4.69) is 54.7 Å². The monoisotopic (exact) mass is 572 g/mol. The second-order valence-electron chi connectivity index (χ2n) is 10.6. The average Bonchev–Trinajstić information content (AvgIpc) is 3.75. The molecule has 0 bridgehead atoms. The fourth-order valence-corrected chi connectivity index (χ4v) is 5.89. The third-order valence-electron chi connectivity index (χ3n) is 7.48. The van der Waals surface area contributed by atoms with E-state index in [9.17, 15) is 0 Å². The molecule has 2 aromatic carbocycles. The van der Waals surface area contributed by atoms with Gasteiger partial charge < -0.3 is 19.5 Å². The zero-order chi connectivity index (χ0) is 28.0. The SMILES string of the molecule is CC1(C)OC2[C@H](n3cnc4c(NCC(c5ccccc5)c5ccccc5)nc(Cl)nc43)O[C@H](Cn3nccn3)[C@H]2O1. The normalized spacial score (nSPS) is 23.3. The van der Waals surface area contributed by atoms with Gasteiger partial charge in [-0.3, -0.25) is 4.57 Å². The molecule has 0 amide bonds. The molecule has 0 spiro atoms. The molecule has 2 aliphatic rings. The van der Waals surface area contributed by atoms with Crippen LogP contribution in [0.5, 0.6) is 0 Å². The van der Waals surface area contributed by atoms with Crippen LogP contribution >= 0.6 is 11.6 Å². The van der Waals surface area contributed by atoms with E-state index < -0.39 is 18.1 Å². The third-order valence-corrected chi connectivity index (χ3v) is 7.65. The predicted molar refractivity (Wildman–Crippen MR) is 151 cm³/mol. The Balaban J connectivity index is 1.20. The van der Waals surface area contributed by atoms with Crippen LogP contribution in [0.4, 0.5) is 5.82 Å². The first-order chi connectivity index (χ1) is 19.9. The summed E-state index contributed by atoms with van der Waals surface area (Å²) in [6.45, 7) is 4.79. The molecule has 4 atom stereocenters. The van der Waals surface area contributed by atoms with Crippen LogP contribution in [0.3, 0.4) is 0 Å². The van der Waals surface area contributed by atoms with Gasteiger partial charge in [0.25, 0.3) is 0 Å². The van der Waals surface area contributed by atoms with Gasteiger partial charge in [-0.25, -0.2) is 4.98 Å². The molecule has 2 fully saturated rings. The van der Waals surface area contributed by atoms with E-state index in [-0.39, 0.29) is 23.4 Å². The van der Waals surface area contributed by atoms with Gasteiger partial charge in [-0.15, -0.1) is 0 Å². The van der Waals surface area contributed by atoms with Crippen molar-refractivity contribution in [1.82, 2.24) is 34.5 Å². The van der Waals surface area contributed by atoms with Crippen LogP contribution in [0, 0.1) is 0 Å². The lowest BCUT2D eigenvalue weighted by Crippen LogP contribution is -2.33. The summed E-state index contributed by atoms with van der Waals surface area (Å²) in [4.78, 5) is 15.3. The summed E-state index contributed by atoms with van der Waals surface area (Å²) in [5.74, 6) is -0.135. The molecule has 1 unspecified atom stereocenters. The molecule has 1 N–H and O–H groups in total. The van der Waals surface area contributed by atoms with Crippen molar-refractivity contribution in [3.8, 4) is 0 Å². The Kier molecular flexibility index (Phi) is 6.66. The van der Waals surface area contributed by atoms with Crippen molar-refractivity contribution in [3.63, 3.8) is 0 Å². The molecule has 2 saturated heterocycles. The Morgan fingerprint density at radius 2 is 1.59 bits per heavy atom. The lowest BCUT2D eigenvalue weighted by atomic mass is 9.91. The maximum Gasteiger partial charge on any atom is 0.226 e. The van der Waals surface area contributed by atoms with Crippen LogP contribution in [-0.2, 0) is 20.8 Å². The van der Waals surface area contributed by atoms with Crippen molar-refractivity contribution in [3.05, 3.63) is 95.8 Å². The lowest BCUT2D eigenvalue weighted by molar-refractivity contribution is -0.198. The number of nitrogens with zero attached hydrogens (tertiary/aromatic N) is 7. The summed E-state index contributed by atoms with van der Waals surface area (Å²) in [5, 5.41) is 12.1. The predicted octanol–water partition coefficient (Wildman–Crippen LogP) is 4.43. The first-order valence-electron chi connectivity index (χ1n) is 13.5. The number of hydrogen-bond donors (Lipinski definition) is 1. The second kappa shape index (κ2) is 10.5. The van der Waals surface area contributed by atoms with E-state index in [1.165, 1.54) is 11.1 Å². The van der Waals surface area contributed by atoms with Crippen molar-refractivity contribution >= 4 is 28.6 Å². The van der Waals surface area contributed by atoms with Gasteiger partial charge in [0.2, 0.25) is 5.28 Å². The van der Waals surface area contributed by atoms with E-state index in [0.29, 0.717) is 30.1 Å². The van der Waals surface area contributed by atoms with Gasteiger partial charge in [0.05, 0.1) is 25.3 Å². The highest BCUT2D eigenvalue weighted by atomic mass is 35.5. The van der Waals surface area contributed by atoms with Crippen molar-refractivity contribution < 1.29 is 14.2 Å². The minimum absolute atomic E-state index is 0.0881. The summed E-state index contributed by atoms with van der Waals surface area (Å²) >= 11 is 6.47. The number of rotatable bonds is 8. The van der Waals surface area contributed by atoms with Crippen LogP contribution in [0.1, 0.15) is 37.1 Å². The highest BCUT2D eigenvalue weighted by Gasteiger charge is 2.56. The fraction of sp³-hybridized carbons (Fsp3) is 0.345. The van der Waals surface area contributed by atoms with Crippen molar-refractivity contribution in [1.29, 1.82) is 0 Å². The molecule has 41 heavy (non-hydrogen) atoms. The molecular formula is C29H29ClN8O3. The highest BCUT2D eigenvalue weighted by Crippen LogP contribution is 2.44. The summed E-state index contributed by atoms with van der Waals surface area (Å²) in [5.41, 5.74) is 3.51. The van der Waals surface area contributed by atoms with Gasteiger partial charge in [-0.2, -0.15) is 25.0 Å². The second-order valence-corrected chi connectivity index (χ2v) is 11.0. The number of fused-ring (bicyclic) bond motifs is 2. The standard InChI is InChI=1S/C29H29ClN8O3/c1-29(2)40-23-21(16-38-33-13-14-34-38)39-27(24(23)41-29)37-17-32-22-25(35-28(30)36-26(22)37)31-15-20(18-9-5-3-6-10-18)19-11-7-4-8-12-19/h3-14,17,20-21,23-24,27H,15-16H2,1-2H3,(H,31,35,36)/t21-,23-,24?,27-/m1/s1. The third kappa shape index (κ3) is 5.06. The summed E-state index contributed by atoms with van der Waals surface area (Å²) in [6, 6.07) is 20.8. The zero-order valence-electron chi connectivity index (χ0n) is 22.5. The van der Waals surface area contributed by atoms with E-state index >= 15 is 0 Å². The van der Waals surface area contributed by atoms with Crippen molar-refractivity contribution in [2.24, 2.45) is 0 Å². The number of benzene rings is 2. The Morgan fingerprint density at radius 3 is 2.27 bits per heavy atom. The van der Waals surface area contributed by atoms with Crippen molar-refractivity contribution in [2.75, 3.05) is 11.9 Å². The number of nitrogens with one attached hydrogen (secondary N) is 1. The van der Waals surface area contributed by atoms with Crippen LogP contribution in [-0.4, -0.2) is 65.2 Å². The molecule has 0 radical (unpaired) electrons. The van der Waals surface area contributed by atoms with E-state index in [1.807, 2.05) is 54.8 Å². The van der Waals surface area contributed by atoms with Crippen LogP contribution in [0.25, 0.3) is 11.2 Å². The zero-order valence-corrected chi connectivity index (χ0v) is 23.3.